The number of Topliss-reactive ketones (excluding diaryl/α,β-unsaturated/α-hetero) is 1. The maximum absolute atomic E-state index is 12.2. The number of ketones is 1. The van der Waals surface area contributed by atoms with Crippen molar-refractivity contribution >= 4 is 23.1 Å². The van der Waals surface area contributed by atoms with Crippen LogP contribution in [-0.4, -0.2) is 37.4 Å². The normalized spacial score (nSPS) is 10.0. The van der Waals surface area contributed by atoms with Gasteiger partial charge in [0.15, 0.2) is 12.4 Å². The van der Waals surface area contributed by atoms with Gasteiger partial charge in [-0.3, -0.25) is 14.9 Å². The van der Waals surface area contributed by atoms with Gasteiger partial charge < -0.3 is 14.8 Å². The van der Waals surface area contributed by atoms with Crippen LogP contribution in [-0.2, 0) is 4.74 Å². The molecule has 0 saturated carbocycles. The Hall–Kier alpha value is -3.42. The molecule has 0 aliphatic rings. The molecule has 8 heteroatoms. The Balaban J connectivity index is 2.09. The van der Waals surface area contributed by atoms with Crippen molar-refractivity contribution in [1.29, 1.82) is 0 Å². The van der Waals surface area contributed by atoms with Gasteiger partial charge in [-0.1, -0.05) is 0 Å². The van der Waals surface area contributed by atoms with Gasteiger partial charge in [0.25, 0.3) is 5.69 Å². The fourth-order valence-corrected chi connectivity index (χ4v) is 2.10. The van der Waals surface area contributed by atoms with Gasteiger partial charge in [0.05, 0.1) is 17.6 Å². The third-order valence-electron chi connectivity index (χ3n) is 3.45. The molecule has 1 N–H and O–H groups in total. The summed E-state index contributed by atoms with van der Waals surface area (Å²) in [5.74, 6) is -0.619. The second-order valence-corrected chi connectivity index (χ2v) is 4.96. The highest BCUT2D eigenvalue weighted by atomic mass is 16.6. The number of methoxy groups -OCH3 is 1. The number of nitro groups is 1. The van der Waals surface area contributed by atoms with Crippen molar-refractivity contribution in [1.82, 2.24) is 0 Å². The van der Waals surface area contributed by atoms with E-state index in [1.807, 2.05) is 0 Å². The number of non-ortho nitro benzene ring substituents is 1. The largest absolute Gasteiger partial charge is 0.497 e. The predicted molar refractivity (Wildman–Crippen MR) is 90.3 cm³/mol. The van der Waals surface area contributed by atoms with Gasteiger partial charge in [0.2, 0.25) is 0 Å². The minimum atomic E-state index is -0.824. The topological polar surface area (TPSA) is 108 Å². The monoisotopic (exact) mass is 344 g/mol. The molecular weight excluding hydrogens is 328 g/mol. The van der Waals surface area contributed by atoms with E-state index in [2.05, 4.69) is 5.32 Å². The average Bonchev–Trinajstić information content (AvgIpc) is 2.65. The highest BCUT2D eigenvalue weighted by molar-refractivity contribution is 6.01. The molecule has 0 fully saturated rings. The van der Waals surface area contributed by atoms with Crippen molar-refractivity contribution in [3.05, 3.63) is 63.7 Å². The van der Waals surface area contributed by atoms with E-state index >= 15 is 0 Å². The van der Waals surface area contributed by atoms with Crippen LogP contribution in [0, 0.1) is 10.1 Å². The van der Waals surface area contributed by atoms with Crippen molar-refractivity contribution in [2.24, 2.45) is 0 Å². The van der Waals surface area contributed by atoms with E-state index < -0.39 is 23.3 Å². The van der Waals surface area contributed by atoms with E-state index in [1.54, 1.807) is 31.3 Å². The minimum absolute atomic E-state index is 0.0146. The first-order valence-electron chi connectivity index (χ1n) is 7.27. The van der Waals surface area contributed by atoms with E-state index in [1.165, 1.54) is 19.2 Å². The maximum Gasteiger partial charge on any atom is 0.340 e. The molecule has 0 radical (unpaired) electrons. The van der Waals surface area contributed by atoms with Crippen LogP contribution in [0.1, 0.15) is 20.7 Å². The Morgan fingerprint density at radius 3 is 2.40 bits per heavy atom. The quantitative estimate of drug-likeness (QED) is 0.356. The number of nitro benzene ring substituents is 1. The molecule has 0 bridgehead atoms. The number of carbonyl (C=O) groups excluding carboxylic acids is 2. The molecule has 0 amide bonds. The van der Waals surface area contributed by atoms with Crippen LogP contribution in [0.5, 0.6) is 5.75 Å². The first-order chi connectivity index (χ1) is 12.0. The number of benzene rings is 2. The molecule has 0 atom stereocenters. The lowest BCUT2D eigenvalue weighted by atomic mass is 10.1. The maximum atomic E-state index is 12.2. The van der Waals surface area contributed by atoms with Gasteiger partial charge in [0.1, 0.15) is 5.75 Å². The van der Waals surface area contributed by atoms with Gasteiger partial charge in [-0.2, -0.15) is 0 Å². The molecule has 2 rings (SSSR count). The average molecular weight is 344 g/mol. The molecule has 0 saturated heterocycles. The van der Waals surface area contributed by atoms with E-state index in [9.17, 15) is 19.7 Å². The molecule has 2 aromatic carbocycles. The van der Waals surface area contributed by atoms with E-state index in [0.717, 1.165) is 6.07 Å². The van der Waals surface area contributed by atoms with E-state index in [-0.39, 0.29) is 11.3 Å². The first-order valence-corrected chi connectivity index (χ1v) is 7.27. The third kappa shape index (κ3) is 4.31. The number of nitrogens with zero attached hydrogens (tertiary/aromatic N) is 1. The molecule has 0 aliphatic heterocycles. The smallest absolute Gasteiger partial charge is 0.340 e. The lowest BCUT2D eigenvalue weighted by Gasteiger charge is -2.09. The SMILES string of the molecule is CNc1ccc([N+](=O)[O-])cc1C(=O)OCC(=O)c1ccc(OC)cc1. The van der Waals surface area contributed by atoms with Gasteiger partial charge in [-0.05, 0) is 30.3 Å². The Bertz CT molecular complexity index is 801. The molecule has 0 spiro atoms. The number of hydrogen-bond acceptors (Lipinski definition) is 7. The van der Waals surface area contributed by atoms with Crippen molar-refractivity contribution in [2.75, 3.05) is 26.1 Å². The summed E-state index contributed by atoms with van der Waals surface area (Å²) in [6.45, 7) is -0.475. The highest BCUT2D eigenvalue weighted by Gasteiger charge is 2.19. The number of rotatable bonds is 7. The van der Waals surface area contributed by atoms with Crippen molar-refractivity contribution in [3.8, 4) is 5.75 Å². The standard InChI is InChI=1S/C17H16N2O6/c1-18-15-8-5-12(19(22)23)9-14(15)17(21)25-10-16(20)11-3-6-13(24-2)7-4-11/h3-9,18H,10H2,1-2H3. The van der Waals surface area contributed by atoms with Crippen molar-refractivity contribution in [2.45, 2.75) is 0 Å². The molecule has 0 heterocycles. The number of anilines is 1. The second kappa shape index (κ2) is 7.91. The molecule has 8 nitrogen and oxygen atoms in total. The van der Waals surface area contributed by atoms with E-state index in [0.29, 0.717) is 17.0 Å². The molecule has 0 aromatic heterocycles. The molecule has 0 unspecified atom stereocenters. The Morgan fingerprint density at radius 2 is 1.84 bits per heavy atom. The summed E-state index contributed by atoms with van der Waals surface area (Å²) in [4.78, 5) is 34.5. The van der Waals surface area contributed by atoms with Crippen LogP contribution in [0.3, 0.4) is 0 Å². The van der Waals surface area contributed by atoms with Crippen LogP contribution < -0.4 is 10.1 Å². The molecule has 25 heavy (non-hydrogen) atoms. The molecular formula is C17H16N2O6. The Kier molecular flexibility index (Phi) is 5.67. The zero-order chi connectivity index (χ0) is 18.4. The lowest BCUT2D eigenvalue weighted by Crippen LogP contribution is -2.15. The second-order valence-electron chi connectivity index (χ2n) is 4.96. The number of nitrogens with one attached hydrogen (secondary N) is 1. The number of hydrogen-bond donors (Lipinski definition) is 1. The number of ether oxygens (including phenoxy) is 2. The number of carbonyl (C=O) groups is 2. The third-order valence-corrected chi connectivity index (χ3v) is 3.45. The number of esters is 1. The summed E-state index contributed by atoms with van der Waals surface area (Å²) >= 11 is 0. The van der Waals surface area contributed by atoms with Gasteiger partial charge in [-0.15, -0.1) is 0 Å². The Morgan fingerprint density at radius 1 is 1.16 bits per heavy atom. The van der Waals surface area contributed by atoms with Gasteiger partial charge >= 0.3 is 5.97 Å². The highest BCUT2D eigenvalue weighted by Crippen LogP contribution is 2.22. The van der Waals surface area contributed by atoms with Crippen molar-refractivity contribution in [3.63, 3.8) is 0 Å². The van der Waals surface area contributed by atoms with Crippen LogP contribution in [0.4, 0.5) is 11.4 Å². The fourth-order valence-electron chi connectivity index (χ4n) is 2.10. The first kappa shape index (κ1) is 17.9. The van der Waals surface area contributed by atoms with E-state index in [4.69, 9.17) is 9.47 Å². The summed E-state index contributed by atoms with van der Waals surface area (Å²) in [6, 6.07) is 10.1. The summed E-state index contributed by atoms with van der Waals surface area (Å²) < 4.78 is 10.00. The van der Waals surface area contributed by atoms with Crippen LogP contribution in [0.25, 0.3) is 0 Å². The summed E-state index contributed by atoms with van der Waals surface area (Å²) in [6.07, 6.45) is 0. The Labute approximate surface area is 143 Å². The van der Waals surface area contributed by atoms with Crippen LogP contribution in [0.2, 0.25) is 0 Å². The van der Waals surface area contributed by atoms with Crippen molar-refractivity contribution < 1.29 is 24.0 Å². The molecule has 130 valence electrons. The summed E-state index contributed by atoms with van der Waals surface area (Å²) in [5.41, 5.74) is 0.473. The zero-order valence-electron chi connectivity index (χ0n) is 13.6. The molecule has 2 aromatic rings. The van der Waals surface area contributed by atoms with Gasteiger partial charge in [0, 0.05) is 30.4 Å². The van der Waals surface area contributed by atoms with Crippen LogP contribution in [0.15, 0.2) is 42.5 Å². The van der Waals surface area contributed by atoms with Gasteiger partial charge in [-0.25, -0.2) is 4.79 Å². The summed E-state index contributed by atoms with van der Waals surface area (Å²) in [7, 11) is 3.08. The summed E-state index contributed by atoms with van der Waals surface area (Å²) in [5, 5.41) is 13.6. The van der Waals surface area contributed by atoms with Crippen LogP contribution >= 0.6 is 0 Å². The lowest BCUT2D eigenvalue weighted by molar-refractivity contribution is -0.384. The predicted octanol–water partition coefficient (Wildman–Crippen LogP) is 2.68. The zero-order valence-corrected chi connectivity index (χ0v) is 13.6. The fraction of sp³-hybridized carbons (Fsp3) is 0.176. The minimum Gasteiger partial charge on any atom is -0.497 e. The molecule has 0 aliphatic carbocycles.